The van der Waals surface area contributed by atoms with Gasteiger partial charge in [0.25, 0.3) is 0 Å². The Labute approximate surface area is 116 Å². The minimum Gasteiger partial charge on any atom is -0.456 e. The second-order valence-corrected chi connectivity index (χ2v) is 4.36. The predicted octanol–water partition coefficient (Wildman–Crippen LogP) is 2.67. The third-order valence-corrected chi connectivity index (χ3v) is 2.92. The summed E-state index contributed by atoms with van der Waals surface area (Å²) in [5.41, 5.74) is 4.68. The van der Waals surface area contributed by atoms with Crippen LogP contribution in [-0.4, -0.2) is 5.97 Å². The van der Waals surface area contributed by atoms with Crippen LogP contribution in [-0.2, 0) is 16.1 Å². The number of nitrogens with one attached hydrogen (secondary N) is 1. The first-order valence-electron chi connectivity index (χ1n) is 6.27. The van der Waals surface area contributed by atoms with Crippen molar-refractivity contribution in [1.82, 2.24) is 5.48 Å². The van der Waals surface area contributed by atoms with E-state index >= 15 is 0 Å². The summed E-state index contributed by atoms with van der Waals surface area (Å²) >= 11 is 0. The van der Waals surface area contributed by atoms with Crippen LogP contribution in [0.1, 0.15) is 11.1 Å². The van der Waals surface area contributed by atoms with Gasteiger partial charge in [-0.15, -0.1) is 0 Å². The molecule has 0 fully saturated rings. The van der Waals surface area contributed by atoms with E-state index < -0.39 is 5.97 Å². The van der Waals surface area contributed by atoms with Gasteiger partial charge in [0.05, 0.1) is 0 Å². The highest BCUT2D eigenvalue weighted by atomic mass is 16.7. The Balaban J connectivity index is 1.68. The van der Waals surface area contributed by atoms with Crippen molar-refractivity contribution < 1.29 is 14.4 Å². The first kappa shape index (κ1) is 12.3. The van der Waals surface area contributed by atoms with Crippen molar-refractivity contribution in [3.8, 4) is 5.75 Å². The van der Waals surface area contributed by atoms with E-state index in [4.69, 9.17) is 9.57 Å². The summed E-state index contributed by atoms with van der Waals surface area (Å²) in [6.45, 7) is 0.236. The molecule has 0 unspecified atom stereocenters. The number of hydrogen-bond donors (Lipinski definition) is 1. The first-order chi connectivity index (χ1) is 9.83. The van der Waals surface area contributed by atoms with E-state index in [0.717, 1.165) is 11.1 Å². The van der Waals surface area contributed by atoms with Crippen LogP contribution in [0.2, 0.25) is 0 Å². The normalized spacial score (nSPS) is 12.5. The summed E-state index contributed by atoms with van der Waals surface area (Å²) in [4.78, 5) is 17.2. The number of esters is 1. The molecule has 0 aromatic heterocycles. The maximum absolute atomic E-state index is 11.9. The Morgan fingerprint density at radius 2 is 1.80 bits per heavy atom. The molecular formula is C16H13NO3. The summed E-state index contributed by atoms with van der Waals surface area (Å²) in [5, 5.41) is 0. The molecule has 0 saturated heterocycles. The van der Waals surface area contributed by atoms with Gasteiger partial charge in [0, 0.05) is 5.56 Å². The molecule has 100 valence electrons. The lowest BCUT2D eigenvalue weighted by atomic mass is 10.1. The molecule has 0 aliphatic carbocycles. The molecule has 0 atom stereocenters. The van der Waals surface area contributed by atoms with E-state index in [0.29, 0.717) is 11.4 Å². The lowest BCUT2D eigenvalue weighted by molar-refractivity contribution is -0.141. The van der Waals surface area contributed by atoms with Crippen molar-refractivity contribution in [2.24, 2.45) is 0 Å². The number of hydroxylamine groups is 1. The highest BCUT2D eigenvalue weighted by Crippen LogP contribution is 2.23. The molecule has 1 aliphatic heterocycles. The zero-order chi connectivity index (χ0) is 13.8. The molecule has 4 nitrogen and oxygen atoms in total. The molecule has 0 bridgehead atoms. The average Bonchev–Trinajstić information content (AvgIpc) is 2.53. The molecule has 20 heavy (non-hydrogen) atoms. The lowest BCUT2D eigenvalue weighted by Gasteiger charge is -2.17. The van der Waals surface area contributed by atoms with Crippen LogP contribution in [0.4, 0.5) is 0 Å². The molecule has 0 radical (unpaired) electrons. The highest BCUT2D eigenvalue weighted by Gasteiger charge is 2.17. The Bertz CT molecular complexity index is 650. The zero-order valence-corrected chi connectivity index (χ0v) is 10.7. The summed E-state index contributed by atoms with van der Waals surface area (Å²) in [7, 11) is 0. The zero-order valence-electron chi connectivity index (χ0n) is 10.7. The fraction of sp³-hybridized carbons (Fsp3) is 0.0625. The van der Waals surface area contributed by atoms with Gasteiger partial charge in [-0.25, -0.2) is 10.3 Å². The van der Waals surface area contributed by atoms with Crippen molar-refractivity contribution in [2.75, 3.05) is 0 Å². The van der Waals surface area contributed by atoms with E-state index in [2.05, 4.69) is 5.48 Å². The van der Waals surface area contributed by atoms with Gasteiger partial charge in [-0.1, -0.05) is 48.5 Å². The van der Waals surface area contributed by atoms with Crippen LogP contribution >= 0.6 is 0 Å². The fourth-order valence-electron chi connectivity index (χ4n) is 1.89. The molecule has 1 aliphatic rings. The Morgan fingerprint density at radius 1 is 1.05 bits per heavy atom. The SMILES string of the molecule is O=C(OCc1ccccc1)C1=Cc2ccccc2ON1. The molecule has 2 aromatic rings. The predicted molar refractivity (Wildman–Crippen MR) is 74.4 cm³/mol. The fourth-order valence-corrected chi connectivity index (χ4v) is 1.89. The lowest BCUT2D eigenvalue weighted by Crippen LogP contribution is -2.28. The second-order valence-electron chi connectivity index (χ2n) is 4.36. The van der Waals surface area contributed by atoms with E-state index in [1.165, 1.54) is 0 Å². The summed E-state index contributed by atoms with van der Waals surface area (Å²) in [5.74, 6) is 0.246. The number of benzene rings is 2. The van der Waals surface area contributed by atoms with Gasteiger partial charge in [0.2, 0.25) is 0 Å². The average molecular weight is 267 g/mol. The van der Waals surface area contributed by atoms with Gasteiger partial charge >= 0.3 is 5.97 Å². The third kappa shape index (κ3) is 2.64. The van der Waals surface area contributed by atoms with Crippen LogP contribution < -0.4 is 10.3 Å². The number of rotatable bonds is 3. The Hall–Kier alpha value is -2.75. The quantitative estimate of drug-likeness (QED) is 0.868. The second kappa shape index (κ2) is 5.48. The number of fused-ring (bicyclic) bond motifs is 1. The number of carbonyl (C=O) groups is 1. The molecule has 0 saturated carbocycles. The van der Waals surface area contributed by atoms with Gasteiger partial charge < -0.3 is 9.57 Å². The third-order valence-electron chi connectivity index (χ3n) is 2.92. The standard InChI is InChI=1S/C16H13NO3/c18-16(19-11-12-6-2-1-3-7-12)14-10-13-8-4-5-9-15(13)20-17-14/h1-10,17H,11H2. The van der Waals surface area contributed by atoms with Crippen molar-refractivity contribution in [1.29, 1.82) is 0 Å². The van der Waals surface area contributed by atoms with Crippen molar-refractivity contribution in [2.45, 2.75) is 6.61 Å². The summed E-state index contributed by atoms with van der Waals surface area (Å²) in [6.07, 6.45) is 1.71. The molecule has 4 heteroatoms. The number of carbonyl (C=O) groups excluding carboxylic acids is 1. The summed E-state index contributed by atoms with van der Waals surface area (Å²) < 4.78 is 5.23. The number of para-hydroxylation sites is 1. The van der Waals surface area contributed by atoms with Crippen molar-refractivity contribution in [3.05, 3.63) is 71.4 Å². The monoisotopic (exact) mass is 267 g/mol. The molecule has 1 N–H and O–H groups in total. The summed E-state index contributed by atoms with van der Waals surface area (Å²) in [6, 6.07) is 17.0. The topological polar surface area (TPSA) is 47.6 Å². The van der Waals surface area contributed by atoms with Gasteiger partial charge in [-0.2, -0.15) is 0 Å². The maximum atomic E-state index is 11.9. The first-order valence-corrected chi connectivity index (χ1v) is 6.27. The Kier molecular flexibility index (Phi) is 3.37. The van der Waals surface area contributed by atoms with Gasteiger partial charge in [-0.05, 0) is 17.7 Å². The van der Waals surface area contributed by atoms with E-state index in [-0.39, 0.29) is 6.61 Å². The van der Waals surface area contributed by atoms with E-state index in [1.807, 2.05) is 54.6 Å². The maximum Gasteiger partial charge on any atom is 0.358 e. The molecule has 0 spiro atoms. The molecule has 3 rings (SSSR count). The van der Waals surface area contributed by atoms with Crippen LogP contribution in [0, 0.1) is 0 Å². The van der Waals surface area contributed by atoms with Crippen molar-refractivity contribution >= 4 is 12.0 Å². The van der Waals surface area contributed by atoms with Crippen molar-refractivity contribution in [3.63, 3.8) is 0 Å². The Morgan fingerprint density at radius 3 is 2.65 bits per heavy atom. The molecule has 1 heterocycles. The molecule has 0 amide bonds. The largest absolute Gasteiger partial charge is 0.456 e. The van der Waals surface area contributed by atoms with Gasteiger partial charge in [0.1, 0.15) is 6.61 Å². The van der Waals surface area contributed by atoms with Crippen LogP contribution in [0.25, 0.3) is 6.08 Å². The van der Waals surface area contributed by atoms with Crippen LogP contribution in [0.15, 0.2) is 60.3 Å². The van der Waals surface area contributed by atoms with Gasteiger partial charge in [0.15, 0.2) is 11.4 Å². The number of ether oxygens (including phenoxy) is 1. The van der Waals surface area contributed by atoms with Crippen LogP contribution in [0.5, 0.6) is 5.75 Å². The van der Waals surface area contributed by atoms with E-state index in [9.17, 15) is 4.79 Å². The van der Waals surface area contributed by atoms with E-state index in [1.54, 1.807) is 6.08 Å². The highest BCUT2D eigenvalue weighted by molar-refractivity contribution is 5.93. The van der Waals surface area contributed by atoms with Gasteiger partial charge in [-0.3, -0.25) is 0 Å². The minimum absolute atomic E-state index is 0.236. The molecular weight excluding hydrogens is 254 g/mol. The molecule has 2 aromatic carbocycles. The number of hydrogen-bond acceptors (Lipinski definition) is 4. The van der Waals surface area contributed by atoms with Crippen LogP contribution in [0.3, 0.4) is 0 Å². The minimum atomic E-state index is -0.441. The smallest absolute Gasteiger partial charge is 0.358 e.